The fourth-order valence-electron chi connectivity index (χ4n) is 2.70. The summed E-state index contributed by atoms with van der Waals surface area (Å²) < 4.78 is 5.24. The van der Waals surface area contributed by atoms with Crippen LogP contribution in [0.4, 0.5) is 10.5 Å². The van der Waals surface area contributed by atoms with Crippen LogP contribution in [0, 0.1) is 0 Å². The van der Waals surface area contributed by atoms with E-state index in [1.54, 1.807) is 0 Å². The molecule has 1 fully saturated rings. The first-order valence-electron chi connectivity index (χ1n) is 8.33. The van der Waals surface area contributed by atoms with Crippen LogP contribution in [0.25, 0.3) is 0 Å². The lowest BCUT2D eigenvalue weighted by molar-refractivity contribution is 0.0636. The summed E-state index contributed by atoms with van der Waals surface area (Å²) in [7, 11) is 2.16. The third kappa shape index (κ3) is 6.59. The van der Waals surface area contributed by atoms with Crippen LogP contribution in [0.5, 0.6) is 0 Å². The Hall–Kier alpha value is -1.59. The van der Waals surface area contributed by atoms with Gasteiger partial charge in [0, 0.05) is 18.3 Å². The Morgan fingerprint density at radius 2 is 2.00 bits per heavy atom. The van der Waals surface area contributed by atoms with Gasteiger partial charge in [0.15, 0.2) is 0 Å². The van der Waals surface area contributed by atoms with Crippen molar-refractivity contribution in [2.45, 2.75) is 45.3 Å². The van der Waals surface area contributed by atoms with Crippen molar-refractivity contribution in [3.63, 3.8) is 0 Å². The van der Waals surface area contributed by atoms with E-state index in [4.69, 9.17) is 4.74 Å². The van der Waals surface area contributed by atoms with E-state index in [0.717, 1.165) is 25.2 Å². The predicted octanol–water partition coefficient (Wildman–Crippen LogP) is 2.87. The zero-order valence-electron chi connectivity index (χ0n) is 14.7. The van der Waals surface area contributed by atoms with Gasteiger partial charge >= 0.3 is 6.09 Å². The predicted molar refractivity (Wildman–Crippen MR) is 93.9 cm³/mol. The van der Waals surface area contributed by atoms with Gasteiger partial charge in [-0.05, 0) is 71.4 Å². The number of likely N-dealkylation sites (N-methyl/N-ethyl adjacent to an activating group) is 1. The van der Waals surface area contributed by atoms with Gasteiger partial charge in [0.25, 0.3) is 0 Å². The molecule has 1 atom stereocenters. The molecule has 0 aliphatic carbocycles. The van der Waals surface area contributed by atoms with E-state index in [1.165, 1.54) is 18.5 Å². The minimum absolute atomic E-state index is 0.419. The van der Waals surface area contributed by atoms with Crippen LogP contribution in [-0.4, -0.2) is 49.3 Å². The number of hydrogen-bond acceptors (Lipinski definition) is 4. The molecule has 0 aromatic heterocycles. The molecule has 1 heterocycles. The van der Waals surface area contributed by atoms with Crippen molar-refractivity contribution in [2.75, 3.05) is 32.0 Å². The quantitative estimate of drug-likeness (QED) is 0.876. The van der Waals surface area contributed by atoms with Crippen LogP contribution in [0.2, 0.25) is 0 Å². The van der Waals surface area contributed by atoms with Crippen molar-refractivity contribution >= 4 is 11.8 Å². The molecule has 5 heteroatoms. The maximum Gasteiger partial charge on any atom is 0.412 e. The number of nitrogens with zero attached hydrogens (tertiary/aromatic N) is 1. The smallest absolute Gasteiger partial charge is 0.412 e. The fraction of sp³-hybridized carbons (Fsp3) is 0.611. The van der Waals surface area contributed by atoms with Crippen molar-refractivity contribution in [3.8, 4) is 0 Å². The molecule has 23 heavy (non-hydrogen) atoms. The topological polar surface area (TPSA) is 53.6 Å². The van der Waals surface area contributed by atoms with Crippen LogP contribution < -0.4 is 10.6 Å². The highest BCUT2D eigenvalue weighted by Gasteiger charge is 2.18. The molecule has 1 aromatic rings. The lowest BCUT2D eigenvalue weighted by Gasteiger charge is -2.19. The molecule has 0 spiro atoms. The van der Waals surface area contributed by atoms with Crippen LogP contribution in [-0.2, 0) is 11.2 Å². The number of benzene rings is 1. The molecular weight excluding hydrogens is 290 g/mol. The van der Waals surface area contributed by atoms with Crippen molar-refractivity contribution in [1.29, 1.82) is 0 Å². The Morgan fingerprint density at radius 1 is 1.30 bits per heavy atom. The van der Waals surface area contributed by atoms with E-state index in [9.17, 15) is 4.79 Å². The average Bonchev–Trinajstić information content (AvgIpc) is 2.84. The molecule has 0 bridgehead atoms. The molecule has 2 rings (SSSR count). The Kier molecular flexibility index (Phi) is 6.02. The summed E-state index contributed by atoms with van der Waals surface area (Å²) >= 11 is 0. The van der Waals surface area contributed by atoms with Gasteiger partial charge in [-0.15, -0.1) is 0 Å². The Bertz CT molecular complexity index is 508. The first kappa shape index (κ1) is 17.8. The van der Waals surface area contributed by atoms with E-state index in [1.807, 2.05) is 32.9 Å². The van der Waals surface area contributed by atoms with Crippen molar-refractivity contribution in [1.82, 2.24) is 10.2 Å². The molecule has 1 aliphatic rings. The number of carbonyl (C=O) groups is 1. The van der Waals surface area contributed by atoms with E-state index in [-0.39, 0.29) is 0 Å². The van der Waals surface area contributed by atoms with Gasteiger partial charge in [-0.3, -0.25) is 5.32 Å². The first-order chi connectivity index (χ1) is 10.8. The highest BCUT2D eigenvalue weighted by molar-refractivity contribution is 5.84. The number of likely N-dealkylation sites (tertiary alicyclic amines) is 1. The van der Waals surface area contributed by atoms with Gasteiger partial charge in [0.05, 0.1) is 0 Å². The van der Waals surface area contributed by atoms with E-state index >= 15 is 0 Å². The molecule has 5 nitrogen and oxygen atoms in total. The average molecular weight is 319 g/mol. The van der Waals surface area contributed by atoms with Gasteiger partial charge in [-0.25, -0.2) is 4.79 Å². The molecular formula is C18H29N3O2. The second kappa shape index (κ2) is 7.79. The van der Waals surface area contributed by atoms with Gasteiger partial charge in [0.2, 0.25) is 0 Å². The van der Waals surface area contributed by atoms with Crippen molar-refractivity contribution in [3.05, 3.63) is 29.8 Å². The van der Waals surface area contributed by atoms with Crippen molar-refractivity contribution in [2.24, 2.45) is 0 Å². The second-order valence-electron chi connectivity index (χ2n) is 7.28. The number of amides is 1. The molecule has 1 aromatic carbocycles. The van der Waals surface area contributed by atoms with Crippen LogP contribution in [0.1, 0.15) is 32.8 Å². The normalized spacial score (nSPS) is 18.9. The Morgan fingerprint density at radius 3 is 2.57 bits per heavy atom. The summed E-state index contributed by atoms with van der Waals surface area (Å²) in [6.07, 6.45) is 1.81. The third-order valence-corrected chi connectivity index (χ3v) is 3.84. The molecule has 1 aliphatic heterocycles. The zero-order valence-corrected chi connectivity index (χ0v) is 14.7. The number of rotatable bonds is 5. The van der Waals surface area contributed by atoms with Crippen LogP contribution in [0.15, 0.2) is 24.3 Å². The maximum absolute atomic E-state index is 11.7. The van der Waals surface area contributed by atoms with E-state index < -0.39 is 11.7 Å². The Labute approximate surface area is 139 Å². The summed E-state index contributed by atoms with van der Waals surface area (Å²) in [5.74, 6) is 0. The molecule has 2 N–H and O–H groups in total. The molecule has 128 valence electrons. The van der Waals surface area contributed by atoms with Gasteiger partial charge in [-0.1, -0.05) is 12.1 Å². The SMILES string of the molecule is CN1CCC(NCCc2ccc(NC(=O)OC(C)(C)C)cc2)C1. The summed E-state index contributed by atoms with van der Waals surface area (Å²) in [4.78, 5) is 14.1. The van der Waals surface area contributed by atoms with Crippen LogP contribution in [0.3, 0.4) is 0 Å². The lowest BCUT2D eigenvalue weighted by Crippen LogP contribution is -2.32. The minimum Gasteiger partial charge on any atom is -0.444 e. The summed E-state index contributed by atoms with van der Waals surface area (Å²) in [6, 6.07) is 8.56. The number of anilines is 1. The summed E-state index contributed by atoms with van der Waals surface area (Å²) in [5.41, 5.74) is 1.54. The van der Waals surface area contributed by atoms with Crippen LogP contribution >= 0.6 is 0 Å². The van der Waals surface area contributed by atoms with Gasteiger partial charge in [-0.2, -0.15) is 0 Å². The number of carbonyl (C=O) groups excluding carboxylic acids is 1. The number of ether oxygens (including phenoxy) is 1. The standard InChI is InChI=1S/C18H29N3O2/c1-18(2,3)23-17(22)20-15-7-5-14(6-8-15)9-11-19-16-10-12-21(4)13-16/h5-8,16,19H,9-13H2,1-4H3,(H,20,22). The fourth-order valence-corrected chi connectivity index (χ4v) is 2.70. The van der Waals surface area contributed by atoms with Crippen molar-refractivity contribution < 1.29 is 9.53 Å². The third-order valence-electron chi connectivity index (χ3n) is 3.84. The molecule has 1 amide bonds. The summed E-state index contributed by atoms with van der Waals surface area (Å²) in [6.45, 7) is 8.86. The largest absolute Gasteiger partial charge is 0.444 e. The zero-order chi connectivity index (χ0) is 16.9. The lowest BCUT2D eigenvalue weighted by atomic mass is 10.1. The minimum atomic E-state index is -0.482. The van der Waals surface area contributed by atoms with Gasteiger partial charge < -0.3 is 15.0 Å². The number of nitrogens with one attached hydrogen (secondary N) is 2. The molecule has 1 saturated heterocycles. The first-order valence-corrected chi connectivity index (χ1v) is 8.33. The Balaban J connectivity index is 1.72. The van der Waals surface area contributed by atoms with Gasteiger partial charge in [0.1, 0.15) is 5.60 Å². The highest BCUT2D eigenvalue weighted by atomic mass is 16.6. The maximum atomic E-state index is 11.7. The molecule has 1 unspecified atom stereocenters. The van der Waals surface area contributed by atoms with E-state index in [2.05, 4.69) is 34.7 Å². The monoisotopic (exact) mass is 319 g/mol. The second-order valence-corrected chi connectivity index (χ2v) is 7.28. The molecule has 0 saturated carbocycles. The summed E-state index contributed by atoms with van der Waals surface area (Å²) in [5, 5.41) is 6.35. The van der Waals surface area contributed by atoms with E-state index in [0.29, 0.717) is 6.04 Å². The highest BCUT2D eigenvalue weighted by Crippen LogP contribution is 2.13. The molecule has 0 radical (unpaired) electrons. The number of hydrogen-bond donors (Lipinski definition) is 2.